The van der Waals surface area contributed by atoms with Crippen molar-refractivity contribution in [3.63, 3.8) is 0 Å². The lowest BCUT2D eigenvalue weighted by Crippen LogP contribution is -2.03. The fourth-order valence-electron chi connectivity index (χ4n) is 2.51. The Labute approximate surface area is 106 Å². The van der Waals surface area contributed by atoms with E-state index in [4.69, 9.17) is 9.84 Å². The summed E-state index contributed by atoms with van der Waals surface area (Å²) in [7, 11) is 1.63. The first-order valence-electron chi connectivity index (χ1n) is 5.91. The van der Waals surface area contributed by atoms with Crippen molar-refractivity contribution < 1.29 is 14.6 Å². The molecule has 1 aromatic heterocycles. The fourth-order valence-corrected chi connectivity index (χ4v) is 2.51. The van der Waals surface area contributed by atoms with Gasteiger partial charge in [0.2, 0.25) is 0 Å². The summed E-state index contributed by atoms with van der Waals surface area (Å²) in [6, 6.07) is 5.81. The van der Waals surface area contributed by atoms with E-state index in [9.17, 15) is 4.79 Å². The molecule has 0 radical (unpaired) electrons. The highest BCUT2D eigenvalue weighted by Crippen LogP contribution is 2.34. The van der Waals surface area contributed by atoms with Crippen molar-refractivity contribution >= 4 is 16.9 Å². The van der Waals surface area contributed by atoms with E-state index in [-0.39, 0.29) is 12.3 Å². The van der Waals surface area contributed by atoms with Gasteiger partial charge in [-0.25, -0.2) is 0 Å². The van der Waals surface area contributed by atoms with Gasteiger partial charge in [0.1, 0.15) is 5.75 Å². The first-order valence-corrected chi connectivity index (χ1v) is 5.91. The molecule has 0 fully saturated rings. The number of hydrogen-bond acceptors (Lipinski definition) is 2. The summed E-state index contributed by atoms with van der Waals surface area (Å²) < 4.78 is 5.31. The SMILES string of the molecule is COc1cccc2c(C(C)CC(=O)O)c(C)[nH]c12. The smallest absolute Gasteiger partial charge is 0.303 e. The van der Waals surface area contributed by atoms with Crippen LogP contribution in [0.5, 0.6) is 5.75 Å². The molecule has 96 valence electrons. The van der Waals surface area contributed by atoms with Gasteiger partial charge in [-0.15, -0.1) is 0 Å². The van der Waals surface area contributed by atoms with Gasteiger partial charge in [-0.1, -0.05) is 19.1 Å². The quantitative estimate of drug-likeness (QED) is 0.872. The van der Waals surface area contributed by atoms with Crippen LogP contribution in [0.15, 0.2) is 18.2 Å². The van der Waals surface area contributed by atoms with Crippen molar-refractivity contribution in [3.05, 3.63) is 29.5 Å². The van der Waals surface area contributed by atoms with E-state index in [1.807, 2.05) is 32.0 Å². The molecule has 1 atom stereocenters. The zero-order chi connectivity index (χ0) is 13.3. The molecule has 0 aliphatic carbocycles. The van der Waals surface area contributed by atoms with E-state index in [1.165, 1.54) is 0 Å². The highest BCUT2D eigenvalue weighted by Gasteiger charge is 2.18. The minimum Gasteiger partial charge on any atom is -0.495 e. The Balaban J connectivity index is 2.57. The number of aromatic amines is 1. The number of methoxy groups -OCH3 is 1. The third-order valence-electron chi connectivity index (χ3n) is 3.23. The number of para-hydroxylation sites is 1. The van der Waals surface area contributed by atoms with Gasteiger partial charge >= 0.3 is 5.97 Å². The van der Waals surface area contributed by atoms with Crippen molar-refractivity contribution in [3.8, 4) is 5.75 Å². The Morgan fingerprint density at radius 1 is 1.50 bits per heavy atom. The molecule has 18 heavy (non-hydrogen) atoms. The van der Waals surface area contributed by atoms with E-state index >= 15 is 0 Å². The summed E-state index contributed by atoms with van der Waals surface area (Å²) >= 11 is 0. The van der Waals surface area contributed by atoms with Crippen LogP contribution in [0, 0.1) is 6.92 Å². The van der Waals surface area contributed by atoms with Crippen LogP contribution in [-0.2, 0) is 4.79 Å². The van der Waals surface area contributed by atoms with E-state index in [1.54, 1.807) is 7.11 Å². The minimum atomic E-state index is -0.779. The molecule has 4 nitrogen and oxygen atoms in total. The maximum atomic E-state index is 10.8. The number of carboxylic acids is 1. The number of carbonyl (C=O) groups is 1. The van der Waals surface area contributed by atoms with Crippen LogP contribution in [0.2, 0.25) is 0 Å². The molecular formula is C14H17NO3. The summed E-state index contributed by atoms with van der Waals surface area (Å²) in [5.41, 5.74) is 3.00. The summed E-state index contributed by atoms with van der Waals surface area (Å²) in [6.07, 6.45) is 0.130. The topological polar surface area (TPSA) is 62.3 Å². The number of carboxylic acid groups (broad SMARTS) is 1. The number of aromatic nitrogens is 1. The average Bonchev–Trinajstić information content (AvgIpc) is 2.63. The Morgan fingerprint density at radius 2 is 2.22 bits per heavy atom. The van der Waals surface area contributed by atoms with Crippen LogP contribution in [0.3, 0.4) is 0 Å². The van der Waals surface area contributed by atoms with Crippen LogP contribution < -0.4 is 4.74 Å². The third-order valence-corrected chi connectivity index (χ3v) is 3.23. The lowest BCUT2D eigenvalue weighted by atomic mass is 9.95. The number of aliphatic carboxylic acids is 1. The number of fused-ring (bicyclic) bond motifs is 1. The first-order chi connectivity index (χ1) is 8.54. The largest absolute Gasteiger partial charge is 0.495 e. The van der Waals surface area contributed by atoms with Crippen molar-refractivity contribution in [1.82, 2.24) is 4.98 Å². The van der Waals surface area contributed by atoms with Crippen LogP contribution in [0.4, 0.5) is 0 Å². The van der Waals surface area contributed by atoms with Crippen LogP contribution in [0.1, 0.15) is 30.5 Å². The normalized spacial score (nSPS) is 12.6. The number of H-pyrrole nitrogens is 1. The van der Waals surface area contributed by atoms with Gasteiger partial charge in [0, 0.05) is 11.1 Å². The molecule has 0 saturated heterocycles. The second kappa shape index (κ2) is 4.72. The second-order valence-corrected chi connectivity index (χ2v) is 4.55. The highest BCUT2D eigenvalue weighted by molar-refractivity contribution is 5.90. The Bertz CT molecular complexity index is 586. The fraction of sp³-hybridized carbons (Fsp3) is 0.357. The molecular weight excluding hydrogens is 230 g/mol. The van der Waals surface area contributed by atoms with Gasteiger partial charge in [-0.3, -0.25) is 4.79 Å². The molecule has 4 heteroatoms. The lowest BCUT2D eigenvalue weighted by molar-refractivity contribution is -0.137. The van der Waals surface area contributed by atoms with E-state index in [2.05, 4.69) is 4.98 Å². The van der Waals surface area contributed by atoms with Gasteiger partial charge in [0.15, 0.2) is 0 Å². The summed E-state index contributed by atoms with van der Waals surface area (Å²) in [5, 5.41) is 9.95. The molecule has 2 rings (SSSR count). The second-order valence-electron chi connectivity index (χ2n) is 4.55. The highest BCUT2D eigenvalue weighted by atomic mass is 16.5. The molecule has 0 amide bonds. The van der Waals surface area contributed by atoms with Crippen LogP contribution in [-0.4, -0.2) is 23.2 Å². The molecule has 2 N–H and O–H groups in total. The van der Waals surface area contributed by atoms with E-state index in [0.717, 1.165) is 27.9 Å². The van der Waals surface area contributed by atoms with E-state index < -0.39 is 5.97 Å². The summed E-state index contributed by atoms with van der Waals surface area (Å²) in [6.45, 7) is 3.90. The number of nitrogens with one attached hydrogen (secondary N) is 1. The van der Waals surface area contributed by atoms with Crippen molar-refractivity contribution in [2.45, 2.75) is 26.2 Å². The average molecular weight is 247 g/mol. The summed E-state index contributed by atoms with van der Waals surface area (Å²) in [4.78, 5) is 14.1. The van der Waals surface area contributed by atoms with Gasteiger partial charge in [-0.2, -0.15) is 0 Å². The standard InChI is InChI=1S/C14H17NO3/c1-8(7-12(16)17)13-9(2)15-14-10(13)5-4-6-11(14)18-3/h4-6,8,15H,7H2,1-3H3,(H,16,17). The number of aryl methyl sites for hydroxylation is 1. The molecule has 1 unspecified atom stereocenters. The maximum absolute atomic E-state index is 10.8. The number of benzene rings is 1. The predicted octanol–water partition coefficient (Wildman–Crippen LogP) is 3.06. The molecule has 0 bridgehead atoms. The van der Waals surface area contributed by atoms with E-state index in [0.29, 0.717) is 0 Å². The van der Waals surface area contributed by atoms with Gasteiger partial charge in [-0.05, 0) is 24.5 Å². The maximum Gasteiger partial charge on any atom is 0.303 e. The lowest BCUT2D eigenvalue weighted by Gasteiger charge is -2.09. The van der Waals surface area contributed by atoms with Crippen LogP contribution >= 0.6 is 0 Å². The third kappa shape index (κ3) is 2.06. The molecule has 0 aliphatic heterocycles. The van der Waals surface area contributed by atoms with Gasteiger partial charge < -0.3 is 14.8 Å². The zero-order valence-corrected chi connectivity index (χ0v) is 10.8. The molecule has 0 aliphatic rings. The van der Waals surface area contributed by atoms with Crippen molar-refractivity contribution in [2.75, 3.05) is 7.11 Å². The first kappa shape index (κ1) is 12.5. The molecule has 0 spiro atoms. The Morgan fingerprint density at radius 3 is 2.83 bits per heavy atom. The van der Waals surface area contributed by atoms with Gasteiger partial charge in [0.25, 0.3) is 0 Å². The molecule has 1 heterocycles. The minimum absolute atomic E-state index is 0.0247. The van der Waals surface area contributed by atoms with Crippen molar-refractivity contribution in [1.29, 1.82) is 0 Å². The zero-order valence-electron chi connectivity index (χ0n) is 10.8. The van der Waals surface area contributed by atoms with Crippen molar-refractivity contribution in [2.24, 2.45) is 0 Å². The summed E-state index contributed by atoms with van der Waals surface area (Å²) in [5.74, 6) is -0.0214. The molecule has 2 aromatic rings. The van der Waals surface area contributed by atoms with Crippen LogP contribution in [0.25, 0.3) is 10.9 Å². The monoisotopic (exact) mass is 247 g/mol. The Kier molecular flexibility index (Phi) is 3.28. The molecule has 0 saturated carbocycles. The number of ether oxygens (including phenoxy) is 1. The predicted molar refractivity (Wildman–Crippen MR) is 70.3 cm³/mol. The van der Waals surface area contributed by atoms with Gasteiger partial charge in [0.05, 0.1) is 19.0 Å². The Hall–Kier alpha value is -1.97. The number of hydrogen-bond donors (Lipinski definition) is 2. The number of rotatable bonds is 4. The molecule has 1 aromatic carbocycles.